The summed E-state index contributed by atoms with van der Waals surface area (Å²) < 4.78 is 14.0. The molecule has 0 fully saturated rings. The van der Waals surface area contributed by atoms with Crippen LogP contribution in [0.5, 0.6) is 11.5 Å². The quantitative estimate of drug-likeness (QED) is 0.202. The summed E-state index contributed by atoms with van der Waals surface area (Å²) in [6.45, 7) is 5.01. The highest BCUT2D eigenvalue weighted by atomic mass is 16.5. The number of benzene rings is 4. The van der Waals surface area contributed by atoms with Crippen molar-refractivity contribution in [3.05, 3.63) is 127 Å². The molecule has 0 aliphatic rings. The molecule has 5 rings (SSSR count). The second kappa shape index (κ2) is 11.0. The molecule has 0 aliphatic heterocycles. The van der Waals surface area contributed by atoms with E-state index in [2.05, 4.69) is 83.9 Å². The van der Waals surface area contributed by atoms with Gasteiger partial charge in [-0.1, -0.05) is 78.9 Å². The number of methoxy groups -OCH3 is 1. The zero-order valence-electron chi connectivity index (χ0n) is 20.6. The SMILES string of the molecule is C=CCc1ccc(OCCn2c(Cc3ccc(-c4ccccc4)cc3)nc3ccccc32)c(OC)c1. The summed E-state index contributed by atoms with van der Waals surface area (Å²) in [7, 11) is 1.67. The lowest BCUT2D eigenvalue weighted by molar-refractivity contribution is 0.280. The number of allylic oxidation sites excluding steroid dienone is 1. The van der Waals surface area contributed by atoms with Gasteiger partial charge in [0, 0.05) is 6.42 Å². The van der Waals surface area contributed by atoms with Crippen LogP contribution < -0.4 is 9.47 Å². The number of hydrogen-bond acceptors (Lipinski definition) is 3. The van der Waals surface area contributed by atoms with Crippen LogP contribution in [0.2, 0.25) is 0 Å². The molecule has 0 N–H and O–H groups in total. The number of fused-ring (bicyclic) bond motifs is 1. The third-order valence-corrected chi connectivity index (χ3v) is 6.34. The molecule has 1 heterocycles. The highest BCUT2D eigenvalue weighted by Crippen LogP contribution is 2.29. The van der Waals surface area contributed by atoms with E-state index in [-0.39, 0.29) is 0 Å². The molecule has 5 aromatic rings. The largest absolute Gasteiger partial charge is 0.493 e. The Bertz CT molecular complexity index is 1450. The van der Waals surface area contributed by atoms with Crippen molar-refractivity contribution in [2.45, 2.75) is 19.4 Å². The van der Waals surface area contributed by atoms with Crippen LogP contribution in [-0.4, -0.2) is 23.3 Å². The summed E-state index contributed by atoms with van der Waals surface area (Å²) in [5.41, 5.74) is 6.93. The van der Waals surface area contributed by atoms with Gasteiger partial charge in [-0.05, 0) is 52.9 Å². The molecule has 36 heavy (non-hydrogen) atoms. The normalized spacial score (nSPS) is 10.9. The highest BCUT2D eigenvalue weighted by Gasteiger charge is 2.12. The van der Waals surface area contributed by atoms with Gasteiger partial charge in [0.05, 0.1) is 24.7 Å². The molecule has 0 amide bonds. The number of para-hydroxylation sites is 2. The molecule has 0 saturated carbocycles. The fourth-order valence-electron chi connectivity index (χ4n) is 4.51. The van der Waals surface area contributed by atoms with E-state index in [4.69, 9.17) is 14.5 Å². The van der Waals surface area contributed by atoms with Crippen molar-refractivity contribution in [3.8, 4) is 22.6 Å². The van der Waals surface area contributed by atoms with E-state index in [0.717, 1.165) is 46.8 Å². The summed E-state index contributed by atoms with van der Waals surface area (Å²) in [5.74, 6) is 2.51. The number of hydrogen-bond donors (Lipinski definition) is 0. The fraction of sp³-hybridized carbons (Fsp3) is 0.156. The maximum Gasteiger partial charge on any atom is 0.161 e. The van der Waals surface area contributed by atoms with Crippen LogP contribution >= 0.6 is 0 Å². The Labute approximate surface area is 212 Å². The molecule has 0 radical (unpaired) electrons. The average molecular weight is 475 g/mol. The van der Waals surface area contributed by atoms with Gasteiger partial charge in [0.1, 0.15) is 12.4 Å². The molecule has 4 nitrogen and oxygen atoms in total. The predicted molar refractivity (Wildman–Crippen MR) is 147 cm³/mol. The van der Waals surface area contributed by atoms with E-state index >= 15 is 0 Å². The van der Waals surface area contributed by atoms with Crippen molar-refractivity contribution >= 4 is 11.0 Å². The van der Waals surface area contributed by atoms with Gasteiger partial charge in [-0.3, -0.25) is 0 Å². The lowest BCUT2D eigenvalue weighted by Gasteiger charge is -2.14. The van der Waals surface area contributed by atoms with Crippen molar-refractivity contribution in [2.24, 2.45) is 0 Å². The van der Waals surface area contributed by atoms with Crippen molar-refractivity contribution in [2.75, 3.05) is 13.7 Å². The molecule has 0 atom stereocenters. The van der Waals surface area contributed by atoms with Crippen molar-refractivity contribution < 1.29 is 9.47 Å². The second-order valence-electron chi connectivity index (χ2n) is 8.73. The zero-order chi connectivity index (χ0) is 24.7. The molecule has 180 valence electrons. The Balaban J connectivity index is 1.34. The minimum Gasteiger partial charge on any atom is -0.493 e. The predicted octanol–water partition coefficient (Wildman–Crippen LogP) is 7.11. The van der Waals surface area contributed by atoms with Crippen LogP contribution in [-0.2, 0) is 19.4 Å². The third-order valence-electron chi connectivity index (χ3n) is 6.34. The smallest absolute Gasteiger partial charge is 0.161 e. The van der Waals surface area contributed by atoms with Crippen LogP contribution in [0, 0.1) is 0 Å². The first-order valence-electron chi connectivity index (χ1n) is 12.2. The lowest BCUT2D eigenvalue weighted by atomic mass is 10.0. The topological polar surface area (TPSA) is 36.3 Å². The summed E-state index contributed by atoms with van der Waals surface area (Å²) in [4.78, 5) is 4.95. The van der Waals surface area contributed by atoms with Gasteiger partial charge in [-0.25, -0.2) is 4.98 Å². The summed E-state index contributed by atoms with van der Waals surface area (Å²) in [5, 5.41) is 0. The van der Waals surface area contributed by atoms with Crippen LogP contribution in [0.1, 0.15) is 17.0 Å². The van der Waals surface area contributed by atoms with E-state index in [1.54, 1.807) is 7.11 Å². The van der Waals surface area contributed by atoms with E-state index in [9.17, 15) is 0 Å². The van der Waals surface area contributed by atoms with E-state index < -0.39 is 0 Å². The van der Waals surface area contributed by atoms with Gasteiger partial charge in [-0.2, -0.15) is 0 Å². The van der Waals surface area contributed by atoms with Crippen LogP contribution in [0.25, 0.3) is 22.2 Å². The Kier molecular flexibility index (Phi) is 7.13. The minimum atomic E-state index is 0.511. The number of ether oxygens (including phenoxy) is 2. The maximum absolute atomic E-state index is 6.15. The molecular formula is C32H30N2O2. The lowest BCUT2D eigenvalue weighted by Crippen LogP contribution is -2.12. The van der Waals surface area contributed by atoms with Gasteiger partial charge in [-0.15, -0.1) is 6.58 Å². The third kappa shape index (κ3) is 5.18. The first-order chi connectivity index (χ1) is 17.7. The summed E-state index contributed by atoms with van der Waals surface area (Å²) >= 11 is 0. The number of nitrogens with zero attached hydrogens (tertiary/aromatic N) is 2. The number of imidazole rings is 1. The number of rotatable bonds is 10. The van der Waals surface area contributed by atoms with Gasteiger partial charge >= 0.3 is 0 Å². The Morgan fingerprint density at radius 3 is 2.31 bits per heavy atom. The molecule has 0 saturated heterocycles. The first kappa shape index (κ1) is 23.4. The Morgan fingerprint density at radius 2 is 1.53 bits per heavy atom. The van der Waals surface area contributed by atoms with E-state index in [0.29, 0.717) is 13.2 Å². The Morgan fingerprint density at radius 1 is 0.806 bits per heavy atom. The van der Waals surface area contributed by atoms with Crippen LogP contribution in [0.15, 0.2) is 110 Å². The summed E-state index contributed by atoms with van der Waals surface area (Å²) in [6.07, 6.45) is 3.44. The molecule has 4 heteroatoms. The summed E-state index contributed by atoms with van der Waals surface area (Å²) in [6, 6.07) is 33.5. The van der Waals surface area contributed by atoms with Gasteiger partial charge in [0.15, 0.2) is 11.5 Å². The van der Waals surface area contributed by atoms with Crippen LogP contribution in [0.4, 0.5) is 0 Å². The average Bonchev–Trinajstić information content (AvgIpc) is 3.27. The number of aromatic nitrogens is 2. The standard InChI is InChI=1S/C32H30N2O2/c1-3-9-24-16-19-30(31(22-24)35-2)36-21-20-34-29-13-8-7-12-28(29)33-32(34)23-25-14-17-27(18-15-25)26-10-5-4-6-11-26/h3-8,10-19,22H,1,9,20-21,23H2,2H3. The second-order valence-corrected chi connectivity index (χ2v) is 8.73. The monoisotopic (exact) mass is 474 g/mol. The Hall–Kier alpha value is -4.31. The first-order valence-corrected chi connectivity index (χ1v) is 12.2. The van der Waals surface area contributed by atoms with E-state index in [1.165, 1.54) is 16.7 Å². The van der Waals surface area contributed by atoms with Crippen molar-refractivity contribution in [1.29, 1.82) is 0 Å². The molecule has 4 aromatic carbocycles. The van der Waals surface area contributed by atoms with Crippen molar-refractivity contribution in [3.63, 3.8) is 0 Å². The molecular weight excluding hydrogens is 444 g/mol. The molecule has 0 bridgehead atoms. The highest BCUT2D eigenvalue weighted by molar-refractivity contribution is 5.76. The van der Waals surface area contributed by atoms with Gasteiger partial charge in [0.25, 0.3) is 0 Å². The van der Waals surface area contributed by atoms with Crippen LogP contribution in [0.3, 0.4) is 0 Å². The molecule has 1 aromatic heterocycles. The fourth-order valence-corrected chi connectivity index (χ4v) is 4.51. The molecule has 0 unspecified atom stereocenters. The van der Waals surface area contributed by atoms with Gasteiger partial charge < -0.3 is 14.0 Å². The van der Waals surface area contributed by atoms with E-state index in [1.807, 2.05) is 30.3 Å². The molecule has 0 aliphatic carbocycles. The zero-order valence-corrected chi connectivity index (χ0v) is 20.6. The maximum atomic E-state index is 6.15. The van der Waals surface area contributed by atoms with Crippen molar-refractivity contribution in [1.82, 2.24) is 9.55 Å². The molecule has 0 spiro atoms. The van der Waals surface area contributed by atoms with Gasteiger partial charge in [0.2, 0.25) is 0 Å². The minimum absolute atomic E-state index is 0.511.